The molecular weight excluding hydrogens is 136 g/mol. The Hall–Kier alpha value is -0.820. The van der Waals surface area contributed by atoms with Crippen molar-refractivity contribution in [2.45, 2.75) is 26.9 Å². The molecular formula is C10H16O. The molecule has 1 rings (SSSR count). The van der Waals surface area contributed by atoms with E-state index in [1.165, 1.54) is 5.56 Å². The number of aliphatic hydroxyl groups excluding tert-OH is 1. The molecule has 0 aliphatic carbocycles. The van der Waals surface area contributed by atoms with Crippen LogP contribution in [0.4, 0.5) is 0 Å². The van der Waals surface area contributed by atoms with E-state index >= 15 is 0 Å². The lowest BCUT2D eigenvalue weighted by Crippen LogP contribution is -1.85. The van der Waals surface area contributed by atoms with Gasteiger partial charge >= 0.3 is 0 Å². The van der Waals surface area contributed by atoms with Gasteiger partial charge in [-0.3, -0.25) is 0 Å². The second-order valence-electron chi connectivity index (χ2n) is 2.75. The molecule has 1 aromatic rings. The first-order valence-electron chi connectivity index (χ1n) is 3.82. The highest BCUT2D eigenvalue weighted by atomic mass is 16.3. The fourth-order valence-corrected chi connectivity index (χ4v) is 0.534. The molecule has 0 amide bonds. The molecule has 11 heavy (non-hydrogen) atoms. The van der Waals surface area contributed by atoms with Gasteiger partial charge in [0.1, 0.15) is 0 Å². The van der Waals surface area contributed by atoms with Crippen molar-refractivity contribution < 1.29 is 5.11 Å². The normalized spacial score (nSPS) is 8.82. The quantitative estimate of drug-likeness (QED) is 0.605. The summed E-state index contributed by atoms with van der Waals surface area (Å²) in [5.74, 6) is 0. The first kappa shape index (κ1) is 10.2. The lowest BCUT2D eigenvalue weighted by molar-refractivity contribution is 0.216. The molecule has 1 aromatic carbocycles. The van der Waals surface area contributed by atoms with Gasteiger partial charge in [0.25, 0.3) is 0 Å². The maximum Gasteiger partial charge on any atom is 0.0483 e. The Morgan fingerprint density at radius 1 is 1.09 bits per heavy atom. The first-order chi connectivity index (χ1) is 5.13. The third-order valence-corrected chi connectivity index (χ3v) is 0.940. The number of hydrogen-bond acceptors (Lipinski definition) is 1. The predicted octanol–water partition coefficient (Wildman–Crippen LogP) is 2.38. The zero-order valence-electron chi connectivity index (χ0n) is 7.41. The summed E-state index contributed by atoms with van der Waals surface area (Å²) >= 11 is 0. The molecule has 0 aliphatic rings. The smallest absolute Gasteiger partial charge is 0.0483 e. The summed E-state index contributed by atoms with van der Waals surface area (Å²) in [4.78, 5) is 0. The van der Waals surface area contributed by atoms with E-state index < -0.39 is 0 Å². The van der Waals surface area contributed by atoms with Crippen LogP contribution in [0.2, 0.25) is 0 Å². The fraction of sp³-hybridized carbons (Fsp3) is 0.400. The van der Waals surface area contributed by atoms with Crippen molar-refractivity contribution in [3.63, 3.8) is 0 Å². The van der Waals surface area contributed by atoms with Crippen LogP contribution in [0.5, 0.6) is 0 Å². The average Bonchev–Trinajstić information content (AvgIpc) is 1.87. The van der Waals surface area contributed by atoms with E-state index in [2.05, 4.69) is 19.1 Å². The zero-order valence-corrected chi connectivity index (χ0v) is 7.41. The maximum atomic E-state index is 8.06. The van der Waals surface area contributed by atoms with Crippen molar-refractivity contribution in [3.05, 3.63) is 35.9 Å². The Labute approximate surface area is 68.7 Å². The van der Waals surface area contributed by atoms with E-state index in [-0.39, 0.29) is 6.10 Å². The second kappa shape index (κ2) is 5.93. The van der Waals surface area contributed by atoms with Crippen molar-refractivity contribution in [2.24, 2.45) is 0 Å². The van der Waals surface area contributed by atoms with E-state index in [0.717, 1.165) is 0 Å². The highest BCUT2D eigenvalue weighted by molar-refractivity contribution is 5.11. The van der Waals surface area contributed by atoms with Crippen LogP contribution in [0.1, 0.15) is 19.4 Å². The molecule has 0 fully saturated rings. The summed E-state index contributed by atoms with van der Waals surface area (Å²) in [6.45, 7) is 5.53. The van der Waals surface area contributed by atoms with Gasteiger partial charge in [0.2, 0.25) is 0 Å². The first-order valence-corrected chi connectivity index (χ1v) is 3.82. The molecule has 0 saturated heterocycles. The van der Waals surface area contributed by atoms with Crippen LogP contribution in [0, 0.1) is 6.92 Å². The lowest BCUT2D eigenvalue weighted by Gasteiger charge is -1.82. The van der Waals surface area contributed by atoms with Gasteiger partial charge in [-0.15, -0.1) is 0 Å². The van der Waals surface area contributed by atoms with Crippen LogP contribution >= 0.6 is 0 Å². The summed E-state index contributed by atoms with van der Waals surface area (Å²) in [5.41, 5.74) is 1.32. The molecule has 0 aromatic heterocycles. The van der Waals surface area contributed by atoms with Gasteiger partial charge in [0.15, 0.2) is 0 Å². The molecule has 62 valence electrons. The minimum absolute atomic E-state index is 0.167. The predicted molar refractivity (Wildman–Crippen MR) is 48.5 cm³/mol. The van der Waals surface area contributed by atoms with E-state index in [1.807, 2.05) is 18.2 Å². The third-order valence-electron chi connectivity index (χ3n) is 0.940. The highest BCUT2D eigenvalue weighted by Gasteiger charge is 1.72. The molecule has 0 radical (unpaired) electrons. The Balaban J connectivity index is 0.000000218. The van der Waals surface area contributed by atoms with Gasteiger partial charge in [-0.1, -0.05) is 35.9 Å². The van der Waals surface area contributed by atoms with Crippen LogP contribution in [-0.4, -0.2) is 11.2 Å². The summed E-state index contributed by atoms with van der Waals surface area (Å²) in [5, 5.41) is 8.06. The third kappa shape index (κ3) is 9.18. The molecule has 0 spiro atoms. The number of benzene rings is 1. The van der Waals surface area contributed by atoms with E-state index in [9.17, 15) is 0 Å². The SMILES string of the molecule is CC(C)O.Cc1ccccc1. The summed E-state index contributed by atoms with van der Waals surface area (Å²) in [7, 11) is 0. The Morgan fingerprint density at radius 2 is 1.45 bits per heavy atom. The standard InChI is InChI=1S/C7H8.C3H8O/c1-7-5-3-2-4-6-7;1-3(2)4/h2-6H,1H3;3-4H,1-2H3. The molecule has 0 atom stereocenters. The van der Waals surface area contributed by atoms with Crippen LogP contribution in [0.15, 0.2) is 30.3 Å². The van der Waals surface area contributed by atoms with Gasteiger partial charge in [0, 0.05) is 6.10 Å². The molecule has 1 nitrogen and oxygen atoms in total. The van der Waals surface area contributed by atoms with Gasteiger partial charge in [-0.05, 0) is 20.8 Å². The van der Waals surface area contributed by atoms with Gasteiger partial charge in [-0.2, -0.15) is 0 Å². The summed E-state index contributed by atoms with van der Waals surface area (Å²) in [6.07, 6.45) is -0.167. The van der Waals surface area contributed by atoms with Crippen LogP contribution in [0.25, 0.3) is 0 Å². The molecule has 0 saturated carbocycles. The van der Waals surface area contributed by atoms with Crippen LogP contribution in [0.3, 0.4) is 0 Å². The second-order valence-corrected chi connectivity index (χ2v) is 2.75. The summed E-state index contributed by atoms with van der Waals surface area (Å²) in [6, 6.07) is 10.3. The topological polar surface area (TPSA) is 20.2 Å². The molecule has 0 heterocycles. The highest BCUT2D eigenvalue weighted by Crippen LogP contribution is 1.92. The van der Waals surface area contributed by atoms with Crippen molar-refractivity contribution in [1.29, 1.82) is 0 Å². The summed E-state index contributed by atoms with van der Waals surface area (Å²) < 4.78 is 0. The Morgan fingerprint density at radius 3 is 1.64 bits per heavy atom. The minimum Gasteiger partial charge on any atom is -0.394 e. The number of aryl methyl sites for hydroxylation is 1. The fourth-order valence-electron chi connectivity index (χ4n) is 0.534. The minimum atomic E-state index is -0.167. The number of aliphatic hydroxyl groups is 1. The zero-order chi connectivity index (χ0) is 8.69. The molecule has 0 unspecified atom stereocenters. The Kier molecular flexibility index (Phi) is 5.49. The van der Waals surface area contributed by atoms with E-state index in [4.69, 9.17) is 5.11 Å². The van der Waals surface area contributed by atoms with Gasteiger partial charge in [0.05, 0.1) is 0 Å². The van der Waals surface area contributed by atoms with Crippen molar-refractivity contribution in [1.82, 2.24) is 0 Å². The average molecular weight is 152 g/mol. The number of hydrogen-bond donors (Lipinski definition) is 1. The monoisotopic (exact) mass is 152 g/mol. The lowest BCUT2D eigenvalue weighted by atomic mass is 10.2. The maximum absolute atomic E-state index is 8.06. The molecule has 0 aliphatic heterocycles. The van der Waals surface area contributed by atoms with Crippen molar-refractivity contribution in [2.75, 3.05) is 0 Å². The van der Waals surface area contributed by atoms with Crippen molar-refractivity contribution in [3.8, 4) is 0 Å². The van der Waals surface area contributed by atoms with Crippen LogP contribution < -0.4 is 0 Å². The van der Waals surface area contributed by atoms with Gasteiger partial charge < -0.3 is 5.11 Å². The van der Waals surface area contributed by atoms with Gasteiger partial charge in [-0.25, -0.2) is 0 Å². The number of rotatable bonds is 0. The molecule has 0 bridgehead atoms. The van der Waals surface area contributed by atoms with Crippen LogP contribution in [-0.2, 0) is 0 Å². The van der Waals surface area contributed by atoms with Crippen molar-refractivity contribution >= 4 is 0 Å². The largest absolute Gasteiger partial charge is 0.394 e. The van der Waals surface area contributed by atoms with E-state index in [1.54, 1.807) is 13.8 Å². The Bertz CT molecular complexity index is 165. The molecule has 1 heteroatoms. The van der Waals surface area contributed by atoms with E-state index in [0.29, 0.717) is 0 Å². The molecule has 1 N–H and O–H groups in total.